The summed E-state index contributed by atoms with van der Waals surface area (Å²) in [5.74, 6) is 0.460. The largest absolute Gasteiger partial charge is 0.483 e. The predicted molar refractivity (Wildman–Crippen MR) is 118 cm³/mol. The Morgan fingerprint density at radius 2 is 2.13 bits per heavy atom. The van der Waals surface area contributed by atoms with Crippen molar-refractivity contribution in [2.24, 2.45) is 5.10 Å². The van der Waals surface area contributed by atoms with E-state index < -0.39 is 5.91 Å². The molecule has 2 aromatic heterocycles. The molecule has 0 bridgehead atoms. The van der Waals surface area contributed by atoms with Gasteiger partial charge in [0.15, 0.2) is 12.4 Å². The van der Waals surface area contributed by atoms with E-state index in [4.69, 9.17) is 13.7 Å². The molecule has 0 radical (unpaired) electrons. The number of rotatable bonds is 6. The third kappa shape index (κ3) is 4.72. The molecule has 0 aliphatic carbocycles. The number of aryl methyl sites for hydroxylation is 1. The smallest absolute Gasteiger partial charge is 0.277 e. The Bertz CT molecular complexity index is 1330. The minimum absolute atomic E-state index is 0.222. The number of ether oxygens (including phenoxy) is 1. The maximum Gasteiger partial charge on any atom is 0.277 e. The second kappa shape index (κ2) is 8.97. The zero-order valence-electron chi connectivity index (χ0n) is 16.3. The van der Waals surface area contributed by atoms with Crippen LogP contribution in [0.2, 0.25) is 0 Å². The standard InChI is InChI=1S/C22H16BrN3O5/c1-13-2-4-19-17(8-13)22(28)14(11-29-19)10-24-26-21(27)12-30-18-5-3-15(23)9-16(18)20-6-7-25-31-20/h2-11H,12H2,1H3,(H,26,27). The fraction of sp³-hybridized carbons (Fsp3) is 0.0909. The Morgan fingerprint density at radius 1 is 1.26 bits per heavy atom. The minimum Gasteiger partial charge on any atom is -0.483 e. The van der Waals surface area contributed by atoms with Crippen molar-refractivity contribution >= 4 is 39.0 Å². The van der Waals surface area contributed by atoms with E-state index in [2.05, 4.69) is 31.6 Å². The predicted octanol–water partition coefficient (Wildman–Crippen LogP) is 4.05. The van der Waals surface area contributed by atoms with Crippen molar-refractivity contribution in [1.82, 2.24) is 10.6 Å². The lowest BCUT2D eigenvalue weighted by atomic mass is 10.1. The molecule has 2 aromatic carbocycles. The number of fused-ring (bicyclic) bond motifs is 1. The van der Waals surface area contributed by atoms with E-state index >= 15 is 0 Å². The molecule has 0 saturated carbocycles. The summed E-state index contributed by atoms with van der Waals surface area (Å²) in [7, 11) is 0. The molecule has 156 valence electrons. The second-order valence-corrected chi connectivity index (χ2v) is 7.53. The number of amides is 1. The average molecular weight is 482 g/mol. The zero-order valence-corrected chi connectivity index (χ0v) is 17.9. The van der Waals surface area contributed by atoms with Gasteiger partial charge in [0.05, 0.1) is 28.9 Å². The van der Waals surface area contributed by atoms with Crippen LogP contribution in [0.5, 0.6) is 5.75 Å². The summed E-state index contributed by atoms with van der Waals surface area (Å²) in [6, 6.07) is 12.3. The third-order valence-electron chi connectivity index (χ3n) is 4.35. The van der Waals surface area contributed by atoms with Crippen LogP contribution in [-0.4, -0.2) is 23.9 Å². The van der Waals surface area contributed by atoms with Gasteiger partial charge in [-0.25, -0.2) is 5.43 Å². The molecule has 9 heteroatoms. The normalized spacial score (nSPS) is 11.2. The summed E-state index contributed by atoms with van der Waals surface area (Å²) >= 11 is 3.39. The fourth-order valence-electron chi connectivity index (χ4n) is 2.87. The van der Waals surface area contributed by atoms with Crippen molar-refractivity contribution in [3.8, 4) is 17.1 Å². The summed E-state index contributed by atoms with van der Waals surface area (Å²) in [5.41, 5.74) is 4.40. The van der Waals surface area contributed by atoms with Crippen LogP contribution in [0.1, 0.15) is 11.1 Å². The number of halogens is 1. The van der Waals surface area contributed by atoms with Crippen molar-refractivity contribution in [3.63, 3.8) is 0 Å². The SMILES string of the molecule is Cc1ccc2occ(C=NNC(=O)COc3ccc(Br)cc3-c3ccno3)c(=O)c2c1. The van der Waals surface area contributed by atoms with Crippen LogP contribution in [0.25, 0.3) is 22.3 Å². The molecule has 0 saturated heterocycles. The number of carbonyl (C=O) groups excluding carboxylic acids is 1. The van der Waals surface area contributed by atoms with Gasteiger partial charge in [-0.05, 0) is 37.3 Å². The van der Waals surface area contributed by atoms with Gasteiger partial charge in [-0.1, -0.05) is 32.7 Å². The quantitative estimate of drug-likeness (QED) is 0.328. The average Bonchev–Trinajstić information content (AvgIpc) is 3.29. The number of hydrogen-bond donors (Lipinski definition) is 1. The molecule has 4 rings (SSSR count). The molecule has 1 amide bonds. The van der Waals surface area contributed by atoms with Crippen LogP contribution in [0, 0.1) is 6.92 Å². The minimum atomic E-state index is -0.497. The molecule has 0 aliphatic heterocycles. The number of nitrogens with zero attached hydrogens (tertiary/aromatic N) is 2. The van der Waals surface area contributed by atoms with Gasteiger partial charge >= 0.3 is 0 Å². The van der Waals surface area contributed by atoms with Crippen molar-refractivity contribution in [3.05, 3.63) is 80.7 Å². The van der Waals surface area contributed by atoms with Gasteiger partial charge in [0, 0.05) is 10.5 Å². The maximum absolute atomic E-state index is 12.5. The number of aromatic nitrogens is 1. The summed E-state index contributed by atoms with van der Waals surface area (Å²) in [5, 5.41) is 7.97. The number of carbonyl (C=O) groups is 1. The van der Waals surface area contributed by atoms with Crippen LogP contribution in [0.15, 0.2) is 78.2 Å². The van der Waals surface area contributed by atoms with Gasteiger partial charge in [-0.15, -0.1) is 0 Å². The van der Waals surface area contributed by atoms with E-state index in [0.29, 0.717) is 28.0 Å². The fourth-order valence-corrected chi connectivity index (χ4v) is 3.23. The van der Waals surface area contributed by atoms with Gasteiger partial charge < -0.3 is 13.7 Å². The Morgan fingerprint density at radius 3 is 2.94 bits per heavy atom. The van der Waals surface area contributed by atoms with Crippen molar-refractivity contribution < 1.29 is 18.5 Å². The van der Waals surface area contributed by atoms with E-state index in [1.165, 1.54) is 18.7 Å². The summed E-state index contributed by atoms with van der Waals surface area (Å²) in [6.45, 7) is 1.60. The Balaban J connectivity index is 1.42. The number of nitrogens with one attached hydrogen (secondary N) is 1. The van der Waals surface area contributed by atoms with Crippen LogP contribution in [0.4, 0.5) is 0 Å². The molecular formula is C22H16BrN3O5. The first kappa shape index (κ1) is 20.5. The monoisotopic (exact) mass is 481 g/mol. The van der Waals surface area contributed by atoms with Crippen LogP contribution in [-0.2, 0) is 4.79 Å². The van der Waals surface area contributed by atoms with E-state index in [0.717, 1.165) is 10.0 Å². The molecule has 0 fully saturated rings. The van der Waals surface area contributed by atoms with Gasteiger partial charge in [0.1, 0.15) is 17.6 Å². The van der Waals surface area contributed by atoms with Crippen molar-refractivity contribution in [1.29, 1.82) is 0 Å². The highest BCUT2D eigenvalue weighted by atomic mass is 79.9. The molecule has 0 aliphatic rings. The lowest BCUT2D eigenvalue weighted by Crippen LogP contribution is -2.25. The lowest BCUT2D eigenvalue weighted by Gasteiger charge is -2.09. The third-order valence-corrected chi connectivity index (χ3v) is 4.84. The molecule has 0 unspecified atom stereocenters. The number of benzene rings is 2. The molecule has 0 spiro atoms. The second-order valence-electron chi connectivity index (χ2n) is 6.62. The van der Waals surface area contributed by atoms with E-state index in [1.807, 2.05) is 13.0 Å². The van der Waals surface area contributed by atoms with Crippen molar-refractivity contribution in [2.45, 2.75) is 6.92 Å². The zero-order chi connectivity index (χ0) is 21.8. The summed E-state index contributed by atoms with van der Waals surface area (Å²) in [4.78, 5) is 24.7. The molecule has 2 heterocycles. The van der Waals surface area contributed by atoms with E-state index in [9.17, 15) is 9.59 Å². The first-order valence-corrected chi connectivity index (χ1v) is 9.98. The topological polar surface area (TPSA) is 107 Å². The summed E-state index contributed by atoms with van der Waals surface area (Å²) in [6.07, 6.45) is 4.06. The van der Waals surface area contributed by atoms with Gasteiger partial charge in [-0.2, -0.15) is 5.10 Å². The van der Waals surface area contributed by atoms with Gasteiger partial charge in [-0.3, -0.25) is 9.59 Å². The van der Waals surface area contributed by atoms with Crippen molar-refractivity contribution in [2.75, 3.05) is 6.61 Å². The molecular weight excluding hydrogens is 466 g/mol. The van der Waals surface area contributed by atoms with Gasteiger partial charge in [0.2, 0.25) is 5.43 Å². The highest BCUT2D eigenvalue weighted by Crippen LogP contribution is 2.32. The Kier molecular flexibility index (Phi) is 5.94. The van der Waals surface area contributed by atoms with Gasteiger partial charge in [0.25, 0.3) is 5.91 Å². The lowest BCUT2D eigenvalue weighted by molar-refractivity contribution is -0.123. The van der Waals surface area contributed by atoms with E-state index in [-0.39, 0.29) is 17.6 Å². The van der Waals surface area contributed by atoms with Crippen LogP contribution in [0.3, 0.4) is 0 Å². The first-order valence-electron chi connectivity index (χ1n) is 9.19. The molecule has 0 atom stereocenters. The molecule has 31 heavy (non-hydrogen) atoms. The maximum atomic E-state index is 12.5. The molecule has 8 nitrogen and oxygen atoms in total. The van der Waals surface area contributed by atoms with E-state index in [1.54, 1.807) is 36.4 Å². The van der Waals surface area contributed by atoms with Crippen LogP contribution >= 0.6 is 15.9 Å². The van der Waals surface area contributed by atoms with Crippen LogP contribution < -0.4 is 15.6 Å². The summed E-state index contributed by atoms with van der Waals surface area (Å²) < 4.78 is 17.0. The Hall–Kier alpha value is -3.72. The molecule has 4 aromatic rings. The highest BCUT2D eigenvalue weighted by Gasteiger charge is 2.12. The highest BCUT2D eigenvalue weighted by molar-refractivity contribution is 9.10. The number of hydrogen-bond acceptors (Lipinski definition) is 7. The number of hydrazone groups is 1. The Labute approximate surface area is 184 Å². The molecule has 1 N–H and O–H groups in total. The first-order chi connectivity index (χ1) is 15.0.